The number of carboxylic acids is 2. The summed E-state index contributed by atoms with van der Waals surface area (Å²) in [7, 11) is 0. The van der Waals surface area contributed by atoms with Gasteiger partial charge in [0.1, 0.15) is 11.7 Å². The number of aliphatic carboxylic acids is 2. The molecular weight excluding hydrogens is 506 g/mol. The van der Waals surface area contributed by atoms with Crippen molar-refractivity contribution in [3.05, 3.63) is 40.2 Å². The number of carbonyl (C=O) groups is 4. The van der Waals surface area contributed by atoms with E-state index < -0.39 is 36.8 Å². The van der Waals surface area contributed by atoms with Gasteiger partial charge in [-0.2, -0.15) is 4.98 Å². The second-order valence-corrected chi connectivity index (χ2v) is 7.23. The number of nitrogen functional groups attached to an aromatic ring is 1. The summed E-state index contributed by atoms with van der Waals surface area (Å²) >= 11 is 0. The van der Waals surface area contributed by atoms with Crippen LogP contribution in [-0.4, -0.2) is 102 Å². The number of hydrogen-bond donors (Lipinski definition) is 7. The average Bonchev–Trinajstić information content (AvgIpc) is 2.81. The zero-order valence-electron chi connectivity index (χ0n) is 18.9. The van der Waals surface area contributed by atoms with Crippen LogP contribution >= 0.6 is 0 Å². The Morgan fingerprint density at radius 1 is 1.28 bits per heavy atom. The summed E-state index contributed by atoms with van der Waals surface area (Å²) in [4.78, 5) is 60.7. The first-order valence-corrected chi connectivity index (χ1v) is 10.2. The summed E-state index contributed by atoms with van der Waals surface area (Å²) in [5.74, 6) is -2.95. The SMILES string of the molecule is Nc1nc2c(c(=O)[nH]1)NC(CNc1ccc(C(=O)N[C@@H](CCC(=O)[O-])C(=O)O)cc1)CN2.O=C[O-].[Ca+2]. The molecule has 2 heterocycles. The van der Waals surface area contributed by atoms with Crippen LogP contribution in [0.25, 0.3) is 0 Å². The van der Waals surface area contributed by atoms with E-state index in [1.54, 1.807) is 12.1 Å². The molecule has 1 aliphatic rings. The number of rotatable bonds is 9. The molecule has 1 aliphatic heterocycles. The number of nitrogens with zero attached hydrogens (tertiary/aromatic N) is 1. The van der Waals surface area contributed by atoms with Crippen molar-refractivity contribution in [2.24, 2.45) is 0 Å². The van der Waals surface area contributed by atoms with Gasteiger partial charge in [-0.1, -0.05) is 0 Å². The Bertz CT molecular complexity index is 1130. The molecule has 16 heteroatoms. The number of nitrogens with two attached hydrogens (primary N) is 1. The maximum absolute atomic E-state index is 12.3. The van der Waals surface area contributed by atoms with Gasteiger partial charge in [0.05, 0.1) is 6.04 Å². The molecule has 2 atom stereocenters. The van der Waals surface area contributed by atoms with Crippen molar-refractivity contribution in [2.45, 2.75) is 24.9 Å². The van der Waals surface area contributed by atoms with Crippen molar-refractivity contribution < 1.29 is 34.5 Å². The fourth-order valence-electron chi connectivity index (χ4n) is 3.09. The Morgan fingerprint density at radius 3 is 2.50 bits per heavy atom. The van der Waals surface area contributed by atoms with Crippen molar-refractivity contribution in [2.75, 3.05) is 34.8 Å². The third-order valence-corrected chi connectivity index (χ3v) is 4.74. The third kappa shape index (κ3) is 9.24. The van der Waals surface area contributed by atoms with Crippen LogP contribution < -0.4 is 42.8 Å². The monoisotopic (exact) mass is 529 g/mol. The van der Waals surface area contributed by atoms with Crippen LogP contribution in [0.4, 0.5) is 23.1 Å². The minimum absolute atomic E-state index is 0. The maximum Gasteiger partial charge on any atom is 2.00 e. The summed E-state index contributed by atoms with van der Waals surface area (Å²) in [6.07, 6.45) is -0.760. The average molecular weight is 530 g/mol. The van der Waals surface area contributed by atoms with Gasteiger partial charge in [-0.25, -0.2) is 4.79 Å². The number of anilines is 4. The van der Waals surface area contributed by atoms with Crippen LogP contribution in [0.2, 0.25) is 0 Å². The smallest absolute Gasteiger partial charge is 0.554 e. The quantitative estimate of drug-likeness (QED) is 0.122. The number of aromatic nitrogens is 2. The molecule has 0 radical (unpaired) electrons. The van der Waals surface area contributed by atoms with E-state index in [0.29, 0.717) is 30.3 Å². The zero-order chi connectivity index (χ0) is 26.0. The molecule has 0 fully saturated rings. The van der Waals surface area contributed by atoms with E-state index in [0.717, 1.165) is 0 Å². The number of aromatic amines is 1. The van der Waals surface area contributed by atoms with Crippen LogP contribution in [-0.2, 0) is 14.4 Å². The van der Waals surface area contributed by atoms with E-state index in [9.17, 15) is 24.3 Å². The van der Waals surface area contributed by atoms with Crippen molar-refractivity contribution >= 4 is 85.2 Å². The van der Waals surface area contributed by atoms with Crippen LogP contribution in [0.1, 0.15) is 23.2 Å². The molecular formula is C20H23CaN7O8. The minimum atomic E-state index is -1.39. The number of fused-ring (bicyclic) bond motifs is 1. The van der Waals surface area contributed by atoms with Crippen LogP contribution in [0, 0.1) is 0 Å². The fraction of sp³-hybridized carbons (Fsp3) is 0.300. The third-order valence-electron chi connectivity index (χ3n) is 4.74. The molecule has 15 nitrogen and oxygen atoms in total. The van der Waals surface area contributed by atoms with E-state index in [4.69, 9.17) is 20.7 Å². The van der Waals surface area contributed by atoms with Crippen molar-refractivity contribution in [1.82, 2.24) is 15.3 Å². The number of nitrogens with one attached hydrogen (secondary N) is 5. The second kappa shape index (κ2) is 14.8. The summed E-state index contributed by atoms with van der Waals surface area (Å²) in [5.41, 5.74) is 6.37. The van der Waals surface area contributed by atoms with Gasteiger partial charge in [0.25, 0.3) is 11.5 Å². The Labute approximate surface area is 233 Å². The van der Waals surface area contributed by atoms with Crippen LogP contribution in [0.15, 0.2) is 29.1 Å². The predicted molar refractivity (Wildman–Crippen MR) is 125 cm³/mol. The van der Waals surface area contributed by atoms with Gasteiger partial charge in [0.15, 0.2) is 5.82 Å². The molecule has 2 aromatic rings. The van der Waals surface area contributed by atoms with E-state index >= 15 is 0 Å². The number of benzene rings is 1. The topological polar surface area (TPSA) is 255 Å². The Kier molecular flexibility index (Phi) is 12.5. The molecule has 0 saturated carbocycles. The van der Waals surface area contributed by atoms with E-state index in [2.05, 4.69) is 31.2 Å². The number of carboxylic acid groups (broad SMARTS) is 3. The predicted octanol–water partition coefficient (Wildman–Crippen LogP) is -3.63. The summed E-state index contributed by atoms with van der Waals surface area (Å²) in [5, 5.41) is 39.5. The Morgan fingerprint density at radius 2 is 1.92 bits per heavy atom. The molecule has 188 valence electrons. The summed E-state index contributed by atoms with van der Waals surface area (Å²) in [6.45, 7) is 0.449. The van der Waals surface area contributed by atoms with Gasteiger partial charge in [0, 0.05) is 36.8 Å². The molecule has 1 amide bonds. The van der Waals surface area contributed by atoms with Crippen molar-refractivity contribution in [3.8, 4) is 0 Å². The molecule has 3 rings (SSSR count). The van der Waals surface area contributed by atoms with Crippen LogP contribution in [0.5, 0.6) is 0 Å². The largest absolute Gasteiger partial charge is 2.00 e. The molecule has 1 unspecified atom stereocenters. The van der Waals surface area contributed by atoms with Crippen LogP contribution in [0.3, 0.4) is 0 Å². The summed E-state index contributed by atoms with van der Waals surface area (Å²) < 4.78 is 0. The Hall–Kier alpha value is -3.56. The normalized spacial score (nSPS) is 14.1. The first-order valence-electron chi connectivity index (χ1n) is 10.2. The molecule has 8 N–H and O–H groups in total. The van der Waals surface area contributed by atoms with Gasteiger partial charge in [0.2, 0.25) is 5.95 Å². The van der Waals surface area contributed by atoms with Gasteiger partial charge >= 0.3 is 43.7 Å². The molecule has 0 bridgehead atoms. The van der Waals surface area contributed by atoms with Crippen molar-refractivity contribution in [3.63, 3.8) is 0 Å². The maximum atomic E-state index is 12.3. The first kappa shape index (κ1) is 30.5. The number of hydrogen-bond acceptors (Lipinski definition) is 12. The molecule has 1 aromatic carbocycles. The molecule has 36 heavy (non-hydrogen) atoms. The van der Waals surface area contributed by atoms with Gasteiger partial charge in [-0.05, 0) is 37.1 Å². The Balaban J connectivity index is 0.00000154. The van der Waals surface area contributed by atoms with Gasteiger partial charge < -0.3 is 51.9 Å². The summed E-state index contributed by atoms with van der Waals surface area (Å²) in [6, 6.07) is 4.84. The molecule has 0 saturated heterocycles. The second-order valence-electron chi connectivity index (χ2n) is 7.23. The standard InChI is InChI=1S/C19H23N7O6.CH2O2.Ca/c20-19-25-15-14(17(30)26-19)23-11(8-22-15)7-21-10-3-1-9(2-4-10)16(29)24-12(18(31)32)5-6-13(27)28;2-1-3;/h1-4,11-12,21,23H,5-8H2,(H,24,29)(H,27,28)(H,31,32)(H4,20,22,25,26,30);1H,(H,2,3);/q;;+2/p-2/t11?,12-;;/m0../s1. The minimum Gasteiger partial charge on any atom is -0.554 e. The number of carbonyl (C=O) groups excluding carboxylic acids is 3. The van der Waals surface area contributed by atoms with E-state index in [1.165, 1.54) is 12.1 Å². The zero-order valence-corrected chi connectivity index (χ0v) is 21.1. The van der Waals surface area contributed by atoms with E-state index in [1.807, 2.05) is 0 Å². The molecule has 0 spiro atoms. The van der Waals surface area contributed by atoms with Crippen molar-refractivity contribution in [1.29, 1.82) is 0 Å². The number of amides is 1. The van der Waals surface area contributed by atoms with E-state index in [-0.39, 0.29) is 67.3 Å². The first-order chi connectivity index (χ1) is 16.6. The fourth-order valence-corrected chi connectivity index (χ4v) is 3.09. The van der Waals surface area contributed by atoms with Gasteiger partial charge in [-0.3, -0.25) is 14.6 Å². The molecule has 0 aliphatic carbocycles. The number of H-pyrrole nitrogens is 1. The van der Waals surface area contributed by atoms with Gasteiger partial charge in [-0.15, -0.1) is 0 Å². The molecule has 1 aromatic heterocycles.